The van der Waals surface area contributed by atoms with Crippen molar-refractivity contribution in [2.45, 2.75) is 6.92 Å². The van der Waals surface area contributed by atoms with Gasteiger partial charge in [-0.05, 0) is 19.1 Å². The van der Waals surface area contributed by atoms with E-state index < -0.39 is 0 Å². The molecule has 1 aromatic carbocycles. The second kappa shape index (κ2) is 5.27. The van der Waals surface area contributed by atoms with Crippen molar-refractivity contribution >= 4 is 22.5 Å². The van der Waals surface area contributed by atoms with Crippen LogP contribution in [0.2, 0.25) is 5.02 Å². The van der Waals surface area contributed by atoms with E-state index in [0.29, 0.717) is 34.2 Å². The Kier molecular flexibility index (Phi) is 3.72. The minimum atomic E-state index is 0.233. The fourth-order valence-corrected chi connectivity index (χ4v) is 1.89. The van der Waals surface area contributed by atoms with E-state index in [1.54, 1.807) is 19.2 Å². The van der Waals surface area contributed by atoms with E-state index in [1.165, 1.54) is 7.11 Å². The highest BCUT2D eigenvalue weighted by atomic mass is 35.5. The largest absolute Gasteiger partial charge is 0.495 e. The summed E-state index contributed by atoms with van der Waals surface area (Å²) in [6.07, 6.45) is 0. The van der Waals surface area contributed by atoms with Crippen LogP contribution in [0, 0.1) is 0 Å². The van der Waals surface area contributed by atoms with Crippen LogP contribution in [0.5, 0.6) is 17.6 Å². The molecule has 0 N–H and O–H groups in total. The Morgan fingerprint density at radius 1 is 1.17 bits per heavy atom. The third-order valence-corrected chi connectivity index (χ3v) is 2.77. The molecule has 2 rings (SSSR count). The van der Waals surface area contributed by atoms with E-state index in [9.17, 15) is 0 Å². The molecule has 6 heteroatoms. The number of aromatic nitrogens is 2. The summed E-state index contributed by atoms with van der Waals surface area (Å²) in [6, 6.07) is 3.78. The number of fused-ring (bicyclic) bond motifs is 1. The first-order valence-corrected chi connectivity index (χ1v) is 5.80. The second-order valence-electron chi connectivity index (χ2n) is 3.43. The van der Waals surface area contributed by atoms with Gasteiger partial charge in [-0.15, -0.1) is 0 Å². The Hall–Kier alpha value is -1.75. The van der Waals surface area contributed by atoms with E-state index >= 15 is 0 Å². The van der Waals surface area contributed by atoms with E-state index in [0.717, 1.165) is 0 Å². The Labute approximate surface area is 110 Å². The smallest absolute Gasteiger partial charge is 0.320 e. The first-order valence-electron chi connectivity index (χ1n) is 5.42. The third-order valence-electron chi connectivity index (χ3n) is 2.40. The van der Waals surface area contributed by atoms with Crippen LogP contribution >= 0.6 is 11.6 Å². The SMILES string of the molecule is CCOc1nc(OC)c2ccc(OC)c(Cl)c2n1. The van der Waals surface area contributed by atoms with Crippen LogP contribution in [0.3, 0.4) is 0 Å². The summed E-state index contributed by atoms with van der Waals surface area (Å²) < 4.78 is 15.6. The number of ether oxygens (including phenoxy) is 3. The Morgan fingerprint density at radius 3 is 2.56 bits per heavy atom. The quantitative estimate of drug-likeness (QED) is 0.853. The zero-order chi connectivity index (χ0) is 13.1. The minimum absolute atomic E-state index is 0.233. The van der Waals surface area contributed by atoms with Crippen LogP contribution in [0.1, 0.15) is 6.92 Å². The van der Waals surface area contributed by atoms with E-state index in [4.69, 9.17) is 25.8 Å². The van der Waals surface area contributed by atoms with Crippen molar-refractivity contribution in [2.75, 3.05) is 20.8 Å². The average molecular weight is 269 g/mol. The normalized spacial score (nSPS) is 10.4. The van der Waals surface area contributed by atoms with Gasteiger partial charge in [-0.2, -0.15) is 9.97 Å². The number of rotatable bonds is 4. The summed E-state index contributed by atoms with van der Waals surface area (Å²) in [7, 11) is 3.09. The zero-order valence-corrected chi connectivity index (χ0v) is 11.1. The van der Waals surface area contributed by atoms with E-state index in [-0.39, 0.29) is 6.01 Å². The van der Waals surface area contributed by atoms with Crippen molar-refractivity contribution < 1.29 is 14.2 Å². The van der Waals surface area contributed by atoms with Gasteiger partial charge in [0.15, 0.2) is 0 Å². The van der Waals surface area contributed by atoms with Gasteiger partial charge in [-0.25, -0.2) is 0 Å². The molecule has 0 aliphatic heterocycles. The first kappa shape index (κ1) is 12.7. The first-order chi connectivity index (χ1) is 8.71. The van der Waals surface area contributed by atoms with E-state index in [1.807, 2.05) is 6.92 Å². The summed E-state index contributed by atoms with van der Waals surface area (Å²) in [5.41, 5.74) is 0.548. The summed E-state index contributed by atoms with van der Waals surface area (Å²) in [6.45, 7) is 2.32. The molecule has 2 aromatic rings. The van der Waals surface area contributed by atoms with Crippen molar-refractivity contribution in [1.29, 1.82) is 0 Å². The predicted molar refractivity (Wildman–Crippen MR) is 68.8 cm³/mol. The molecule has 0 spiro atoms. The molecule has 0 saturated carbocycles. The Balaban J connectivity index is 2.71. The number of nitrogens with zero attached hydrogens (tertiary/aromatic N) is 2. The van der Waals surface area contributed by atoms with Crippen LogP contribution in [0.4, 0.5) is 0 Å². The van der Waals surface area contributed by atoms with Crippen molar-refractivity contribution in [1.82, 2.24) is 9.97 Å². The number of hydrogen-bond acceptors (Lipinski definition) is 5. The molecule has 0 bridgehead atoms. The van der Waals surface area contributed by atoms with Crippen LogP contribution < -0.4 is 14.2 Å². The minimum Gasteiger partial charge on any atom is -0.495 e. The summed E-state index contributed by atoms with van der Waals surface area (Å²) in [4.78, 5) is 8.41. The molecule has 0 aliphatic rings. The molecule has 0 amide bonds. The van der Waals surface area contributed by atoms with Gasteiger partial charge in [0, 0.05) is 0 Å². The maximum atomic E-state index is 6.22. The molecular formula is C12H13ClN2O3. The van der Waals surface area contributed by atoms with Gasteiger partial charge in [0.25, 0.3) is 0 Å². The number of halogens is 1. The molecule has 0 atom stereocenters. The van der Waals surface area contributed by atoms with Gasteiger partial charge in [-0.1, -0.05) is 11.6 Å². The average Bonchev–Trinajstić information content (AvgIpc) is 2.39. The lowest BCUT2D eigenvalue weighted by Gasteiger charge is -2.10. The highest BCUT2D eigenvalue weighted by Gasteiger charge is 2.14. The lowest BCUT2D eigenvalue weighted by molar-refractivity contribution is 0.305. The van der Waals surface area contributed by atoms with Crippen molar-refractivity contribution in [3.05, 3.63) is 17.2 Å². The van der Waals surface area contributed by atoms with Crippen molar-refractivity contribution in [2.24, 2.45) is 0 Å². The van der Waals surface area contributed by atoms with Crippen LogP contribution in [-0.4, -0.2) is 30.8 Å². The highest BCUT2D eigenvalue weighted by Crippen LogP contribution is 2.35. The van der Waals surface area contributed by atoms with Crippen molar-refractivity contribution in [3.8, 4) is 17.6 Å². The molecule has 0 aliphatic carbocycles. The maximum Gasteiger partial charge on any atom is 0.320 e. The molecule has 18 heavy (non-hydrogen) atoms. The number of hydrogen-bond donors (Lipinski definition) is 0. The molecule has 1 aromatic heterocycles. The molecular weight excluding hydrogens is 256 g/mol. The van der Waals surface area contributed by atoms with Gasteiger partial charge >= 0.3 is 6.01 Å². The molecule has 0 radical (unpaired) electrons. The molecule has 0 saturated heterocycles. The van der Waals surface area contributed by atoms with Crippen LogP contribution in [-0.2, 0) is 0 Å². The lowest BCUT2D eigenvalue weighted by Crippen LogP contribution is -2.01. The third kappa shape index (κ3) is 2.13. The van der Waals surface area contributed by atoms with Gasteiger partial charge < -0.3 is 14.2 Å². The van der Waals surface area contributed by atoms with Gasteiger partial charge in [0.2, 0.25) is 5.88 Å². The molecule has 0 fully saturated rings. The highest BCUT2D eigenvalue weighted by molar-refractivity contribution is 6.36. The summed E-state index contributed by atoms with van der Waals surface area (Å²) in [5, 5.41) is 1.13. The monoisotopic (exact) mass is 268 g/mol. The van der Waals surface area contributed by atoms with Gasteiger partial charge in [0.05, 0.1) is 26.2 Å². The summed E-state index contributed by atoms with van der Waals surface area (Å²) in [5.74, 6) is 0.973. The fourth-order valence-electron chi connectivity index (χ4n) is 1.60. The van der Waals surface area contributed by atoms with Crippen LogP contribution in [0.25, 0.3) is 10.9 Å². The zero-order valence-electron chi connectivity index (χ0n) is 10.4. The van der Waals surface area contributed by atoms with Gasteiger partial charge in [-0.3, -0.25) is 0 Å². The van der Waals surface area contributed by atoms with Crippen molar-refractivity contribution in [3.63, 3.8) is 0 Å². The topological polar surface area (TPSA) is 53.5 Å². The molecule has 0 unspecified atom stereocenters. The maximum absolute atomic E-state index is 6.22. The summed E-state index contributed by atoms with van der Waals surface area (Å²) >= 11 is 6.22. The number of benzene rings is 1. The predicted octanol–water partition coefficient (Wildman–Crippen LogP) is 2.70. The molecule has 1 heterocycles. The molecule has 5 nitrogen and oxygen atoms in total. The standard InChI is InChI=1S/C12H13ClN2O3/c1-4-18-12-14-10-7(11(15-12)17-3)5-6-8(16-2)9(10)13/h5-6H,4H2,1-3H3. The lowest BCUT2D eigenvalue weighted by atomic mass is 10.2. The fraction of sp³-hybridized carbons (Fsp3) is 0.333. The van der Waals surface area contributed by atoms with E-state index in [2.05, 4.69) is 9.97 Å². The Bertz CT molecular complexity index is 575. The Morgan fingerprint density at radius 2 is 1.94 bits per heavy atom. The number of methoxy groups -OCH3 is 2. The second-order valence-corrected chi connectivity index (χ2v) is 3.80. The van der Waals surface area contributed by atoms with Crippen LogP contribution in [0.15, 0.2) is 12.1 Å². The molecule has 96 valence electrons. The van der Waals surface area contributed by atoms with Gasteiger partial charge in [0.1, 0.15) is 16.3 Å².